The Morgan fingerprint density at radius 2 is 1.59 bits per heavy atom. The quantitative estimate of drug-likeness (QED) is 0.0825. The van der Waals surface area contributed by atoms with Gasteiger partial charge in [0.2, 0.25) is 17.7 Å². The number of amides is 3. The Kier molecular flexibility index (Phi) is 12.2. The summed E-state index contributed by atoms with van der Waals surface area (Å²) in [6.07, 6.45) is 4.89. The molecule has 0 bridgehead atoms. The van der Waals surface area contributed by atoms with Crippen molar-refractivity contribution in [2.45, 2.75) is 50.7 Å². The molecule has 0 aliphatic carbocycles. The number of benzene rings is 3. The van der Waals surface area contributed by atoms with E-state index < -0.39 is 33.5 Å². The van der Waals surface area contributed by atoms with Gasteiger partial charge in [-0.25, -0.2) is 9.37 Å². The Bertz CT molecular complexity index is 2640. The van der Waals surface area contributed by atoms with Crippen LogP contribution in [0.3, 0.4) is 0 Å². The molecule has 3 aliphatic rings. The molecule has 0 spiro atoms. The van der Waals surface area contributed by atoms with Crippen LogP contribution in [0.25, 0.3) is 22.2 Å². The SMILES string of the molecule is CCN(C)S(=O)(=O)Nc1cccc(C(=O)c2c[nH]c3ncc(-c4ccc(N5CCN(C(=O)CC6(O)CCN(c7ccc(NC8CCC(=O)NC8=O)cc7)CC6)CC5)cc4)cc23)c1F. The summed E-state index contributed by atoms with van der Waals surface area (Å²) in [5.41, 5.74) is 3.28. The van der Waals surface area contributed by atoms with Gasteiger partial charge in [0.15, 0.2) is 11.6 Å². The van der Waals surface area contributed by atoms with E-state index in [4.69, 9.17) is 0 Å². The van der Waals surface area contributed by atoms with Gasteiger partial charge in [-0.3, -0.25) is 29.2 Å². The molecule has 1 atom stereocenters. The van der Waals surface area contributed by atoms with Gasteiger partial charge in [-0.05, 0) is 79.4 Å². The first-order valence-electron chi connectivity index (χ1n) is 21.1. The van der Waals surface area contributed by atoms with E-state index in [-0.39, 0.29) is 47.5 Å². The maximum atomic E-state index is 15.6. The molecule has 3 saturated heterocycles. The lowest BCUT2D eigenvalue weighted by atomic mass is 9.87. The minimum atomic E-state index is -4.01. The standard InChI is InChI=1S/C45H50FN9O7S/c1-3-52(2)63(61,62)51-37-6-4-5-34(41(37)46)42(58)36-28-48-43-35(36)25-30(27-47-43)29-7-11-32(12-8-29)54-21-23-55(24-22-54)40(57)26-45(60)17-19-53(20-18-45)33-13-9-31(10-14-33)49-38-15-16-39(56)50-44(38)59/h4-14,25,27-28,38,49,51,60H,3,15-24,26H2,1-2H3,(H,47,48)(H,50,56,59). The van der Waals surface area contributed by atoms with Crippen molar-refractivity contribution in [3.63, 3.8) is 0 Å². The number of piperazine rings is 1. The van der Waals surface area contributed by atoms with E-state index in [1.807, 2.05) is 59.5 Å². The lowest BCUT2D eigenvalue weighted by Gasteiger charge is -2.41. The summed E-state index contributed by atoms with van der Waals surface area (Å²) >= 11 is 0. The first kappa shape index (κ1) is 43.3. The summed E-state index contributed by atoms with van der Waals surface area (Å²) in [5.74, 6) is -2.24. The van der Waals surface area contributed by atoms with E-state index >= 15 is 4.39 Å². The zero-order chi connectivity index (χ0) is 44.5. The van der Waals surface area contributed by atoms with Crippen LogP contribution >= 0.6 is 0 Å². The van der Waals surface area contributed by atoms with Crippen molar-refractivity contribution in [3.8, 4) is 11.1 Å². The molecule has 3 aromatic carbocycles. The highest BCUT2D eigenvalue weighted by Crippen LogP contribution is 2.32. The van der Waals surface area contributed by atoms with Gasteiger partial charge in [0.25, 0.3) is 0 Å². The zero-order valence-electron chi connectivity index (χ0n) is 35.1. The monoisotopic (exact) mass is 879 g/mol. The number of aliphatic hydroxyl groups is 1. The molecule has 3 aliphatic heterocycles. The molecule has 5 heterocycles. The average Bonchev–Trinajstić information content (AvgIpc) is 3.71. The molecular formula is C45H50FN9O7S. The second-order valence-corrected chi connectivity index (χ2v) is 18.1. The number of nitrogens with one attached hydrogen (secondary N) is 4. The predicted molar refractivity (Wildman–Crippen MR) is 238 cm³/mol. The normalized spacial score (nSPS) is 18.1. The van der Waals surface area contributed by atoms with Gasteiger partial charge in [-0.2, -0.15) is 12.7 Å². The highest BCUT2D eigenvalue weighted by Gasteiger charge is 2.37. The fraction of sp³-hybridized carbons (Fsp3) is 0.356. The third kappa shape index (κ3) is 9.38. The number of carbonyl (C=O) groups excluding carboxylic acids is 4. The molecule has 0 radical (unpaired) electrons. The van der Waals surface area contributed by atoms with Crippen LogP contribution < -0.4 is 25.2 Å². The van der Waals surface area contributed by atoms with E-state index in [0.29, 0.717) is 76.0 Å². The van der Waals surface area contributed by atoms with Crippen molar-refractivity contribution < 1.29 is 37.1 Å². The summed E-state index contributed by atoms with van der Waals surface area (Å²) in [5, 5.41) is 17.5. The van der Waals surface area contributed by atoms with E-state index in [2.05, 4.69) is 35.1 Å². The number of nitrogens with zero attached hydrogens (tertiary/aromatic N) is 5. The maximum absolute atomic E-state index is 15.6. The third-order valence-corrected chi connectivity index (χ3v) is 13.9. The van der Waals surface area contributed by atoms with Crippen molar-refractivity contribution in [3.05, 3.63) is 102 Å². The number of hydrogen-bond donors (Lipinski definition) is 5. The van der Waals surface area contributed by atoms with Crippen molar-refractivity contribution in [2.75, 3.05) is 72.7 Å². The molecule has 2 aromatic heterocycles. The number of anilines is 4. The summed E-state index contributed by atoms with van der Waals surface area (Å²) in [6, 6.07) is 21.0. The summed E-state index contributed by atoms with van der Waals surface area (Å²) in [4.78, 5) is 64.4. The molecule has 5 aromatic rings. The molecular weight excluding hydrogens is 830 g/mol. The van der Waals surface area contributed by atoms with Gasteiger partial charge in [0, 0.05) is 105 Å². The molecule has 8 rings (SSSR count). The van der Waals surface area contributed by atoms with E-state index in [0.717, 1.165) is 32.5 Å². The van der Waals surface area contributed by atoms with Crippen LogP contribution in [-0.2, 0) is 24.6 Å². The van der Waals surface area contributed by atoms with E-state index in [9.17, 15) is 32.7 Å². The van der Waals surface area contributed by atoms with Crippen LogP contribution in [-0.4, -0.2) is 121 Å². The smallest absolute Gasteiger partial charge is 0.301 e. The van der Waals surface area contributed by atoms with Crippen molar-refractivity contribution in [1.82, 2.24) is 24.5 Å². The third-order valence-electron chi connectivity index (χ3n) is 12.3. The number of rotatable bonds is 13. The first-order valence-corrected chi connectivity index (χ1v) is 22.5. The highest BCUT2D eigenvalue weighted by atomic mass is 32.2. The first-order chi connectivity index (χ1) is 30.2. The number of H-pyrrole nitrogens is 1. The van der Waals surface area contributed by atoms with Gasteiger partial charge in [0.05, 0.1) is 23.3 Å². The summed E-state index contributed by atoms with van der Waals surface area (Å²) in [6.45, 7) is 5.33. The van der Waals surface area contributed by atoms with Crippen LogP contribution in [0.5, 0.6) is 0 Å². The average molecular weight is 880 g/mol. The topological polar surface area (TPSA) is 200 Å². The van der Waals surface area contributed by atoms with Crippen LogP contribution in [0.4, 0.5) is 27.1 Å². The number of carbonyl (C=O) groups is 4. The lowest BCUT2D eigenvalue weighted by Crippen LogP contribution is -2.52. The van der Waals surface area contributed by atoms with Gasteiger partial charge in [0.1, 0.15) is 11.7 Å². The molecule has 5 N–H and O–H groups in total. The van der Waals surface area contributed by atoms with Gasteiger partial charge >= 0.3 is 10.2 Å². The number of piperidine rings is 2. The van der Waals surface area contributed by atoms with Crippen molar-refractivity contribution >= 4 is 67.5 Å². The minimum Gasteiger partial charge on any atom is -0.389 e. The number of halogens is 1. The minimum absolute atomic E-state index is 0.0600. The van der Waals surface area contributed by atoms with E-state index in [1.54, 1.807) is 13.1 Å². The highest BCUT2D eigenvalue weighted by molar-refractivity contribution is 7.90. The van der Waals surface area contributed by atoms with Crippen LogP contribution in [0.2, 0.25) is 0 Å². The summed E-state index contributed by atoms with van der Waals surface area (Å²) in [7, 11) is -2.65. The van der Waals surface area contributed by atoms with Gasteiger partial charge in [-0.1, -0.05) is 25.1 Å². The molecule has 0 saturated carbocycles. The fourth-order valence-corrected chi connectivity index (χ4v) is 9.23. The van der Waals surface area contributed by atoms with Gasteiger partial charge < -0.3 is 30.1 Å². The maximum Gasteiger partial charge on any atom is 0.301 e. The molecule has 330 valence electrons. The second-order valence-electron chi connectivity index (χ2n) is 16.3. The van der Waals surface area contributed by atoms with Crippen molar-refractivity contribution in [2.24, 2.45) is 0 Å². The Morgan fingerprint density at radius 1 is 0.921 bits per heavy atom. The zero-order valence-corrected chi connectivity index (χ0v) is 35.9. The van der Waals surface area contributed by atoms with Gasteiger partial charge in [-0.15, -0.1) is 0 Å². The molecule has 3 fully saturated rings. The number of ketones is 1. The largest absolute Gasteiger partial charge is 0.389 e. The molecule has 18 heteroatoms. The van der Waals surface area contributed by atoms with Crippen LogP contribution in [0.1, 0.15) is 54.9 Å². The Morgan fingerprint density at radius 3 is 2.25 bits per heavy atom. The van der Waals surface area contributed by atoms with E-state index in [1.165, 1.54) is 31.4 Å². The lowest BCUT2D eigenvalue weighted by molar-refractivity contribution is -0.138. The van der Waals surface area contributed by atoms with Crippen LogP contribution in [0.15, 0.2) is 85.2 Å². The molecule has 1 unspecified atom stereocenters. The Hall–Kier alpha value is -6.37. The van der Waals surface area contributed by atoms with Crippen LogP contribution in [0, 0.1) is 5.82 Å². The van der Waals surface area contributed by atoms with Crippen molar-refractivity contribution in [1.29, 1.82) is 0 Å². The Labute approximate surface area is 364 Å². The number of aromatic nitrogens is 2. The number of pyridine rings is 1. The second kappa shape index (κ2) is 17.8. The predicted octanol–water partition coefficient (Wildman–Crippen LogP) is 4.50. The molecule has 3 amide bonds. The number of imide groups is 1. The molecule has 16 nitrogen and oxygen atoms in total. The number of hydrogen-bond acceptors (Lipinski definition) is 11. The Balaban J connectivity index is 0.836. The number of aromatic amines is 1. The fourth-order valence-electron chi connectivity index (χ4n) is 8.30. The number of fused-ring (bicyclic) bond motifs is 1. The summed E-state index contributed by atoms with van der Waals surface area (Å²) < 4.78 is 44.0. The molecule has 63 heavy (non-hydrogen) atoms.